The summed E-state index contributed by atoms with van der Waals surface area (Å²) in [6, 6.07) is 5.90. The monoisotopic (exact) mass is 247 g/mol. The van der Waals surface area contributed by atoms with Crippen molar-refractivity contribution in [2.75, 3.05) is 6.54 Å². The molecule has 2 unspecified atom stereocenters. The van der Waals surface area contributed by atoms with Gasteiger partial charge in [-0.2, -0.15) is 0 Å². The van der Waals surface area contributed by atoms with E-state index in [0.29, 0.717) is 5.56 Å². The van der Waals surface area contributed by atoms with Crippen LogP contribution >= 0.6 is 0 Å². The van der Waals surface area contributed by atoms with Gasteiger partial charge in [-0.25, -0.2) is 4.39 Å². The third-order valence-electron chi connectivity index (χ3n) is 3.37. The largest absolute Gasteiger partial charge is 0.310 e. The maximum atomic E-state index is 12.9. The van der Waals surface area contributed by atoms with Crippen LogP contribution in [-0.2, 0) is 0 Å². The van der Waals surface area contributed by atoms with E-state index in [-0.39, 0.29) is 23.6 Å². The lowest BCUT2D eigenvalue weighted by molar-refractivity contribution is 0.0897. The third-order valence-corrected chi connectivity index (χ3v) is 3.37. The standard InChI is InChI=1S/C15H18FNO/c1-2-13(14-5-3-4-10-17-14)15(18)11-6-8-12(16)9-7-11/h3,5-9,13-14,17H,2,4,10H2,1H3. The molecular weight excluding hydrogens is 229 g/mol. The third kappa shape index (κ3) is 2.85. The number of hydrogen-bond acceptors (Lipinski definition) is 2. The van der Waals surface area contributed by atoms with E-state index in [1.807, 2.05) is 6.92 Å². The first-order valence-corrected chi connectivity index (χ1v) is 6.42. The summed E-state index contributed by atoms with van der Waals surface area (Å²) in [6.45, 7) is 2.92. The van der Waals surface area contributed by atoms with Crippen LogP contribution in [0.1, 0.15) is 30.1 Å². The highest BCUT2D eigenvalue weighted by molar-refractivity contribution is 5.98. The van der Waals surface area contributed by atoms with E-state index >= 15 is 0 Å². The Kier molecular flexibility index (Phi) is 4.26. The first-order chi connectivity index (χ1) is 8.72. The van der Waals surface area contributed by atoms with Crippen LogP contribution in [0, 0.1) is 11.7 Å². The highest BCUT2D eigenvalue weighted by atomic mass is 19.1. The molecule has 0 aliphatic carbocycles. The van der Waals surface area contributed by atoms with Gasteiger partial charge in [0.05, 0.1) is 0 Å². The van der Waals surface area contributed by atoms with Crippen LogP contribution < -0.4 is 5.32 Å². The lowest BCUT2D eigenvalue weighted by atomic mass is 9.87. The normalized spacial score (nSPS) is 20.7. The number of carbonyl (C=O) groups excluding carboxylic acids is 1. The Labute approximate surface area is 107 Å². The van der Waals surface area contributed by atoms with Crippen LogP contribution in [0.4, 0.5) is 4.39 Å². The fourth-order valence-corrected chi connectivity index (χ4v) is 2.35. The molecule has 0 amide bonds. The molecule has 0 aromatic heterocycles. The number of ketones is 1. The zero-order chi connectivity index (χ0) is 13.0. The average molecular weight is 247 g/mol. The second-order valence-corrected chi connectivity index (χ2v) is 4.58. The SMILES string of the molecule is CCC(C(=O)c1ccc(F)cc1)C1C=CCCN1. The maximum Gasteiger partial charge on any atom is 0.167 e. The van der Waals surface area contributed by atoms with E-state index in [4.69, 9.17) is 0 Å². The van der Waals surface area contributed by atoms with Gasteiger partial charge in [0.1, 0.15) is 5.82 Å². The number of Topliss-reactive ketones (excluding diaryl/α,β-unsaturated/α-hetero) is 1. The lowest BCUT2D eigenvalue weighted by Crippen LogP contribution is -2.40. The van der Waals surface area contributed by atoms with Crippen LogP contribution in [0.25, 0.3) is 0 Å². The fourth-order valence-electron chi connectivity index (χ4n) is 2.35. The van der Waals surface area contributed by atoms with Gasteiger partial charge in [0.15, 0.2) is 5.78 Å². The number of hydrogen-bond donors (Lipinski definition) is 1. The number of nitrogens with one attached hydrogen (secondary N) is 1. The van der Waals surface area contributed by atoms with Crippen molar-refractivity contribution >= 4 is 5.78 Å². The number of halogens is 1. The van der Waals surface area contributed by atoms with Crippen molar-refractivity contribution in [1.29, 1.82) is 0 Å². The van der Waals surface area contributed by atoms with Gasteiger partial charge in [0, 0.05) is 17.5 Å². The summed E-state index contributed by atoms with van der Waals surface area (Å²) in [7, 11) is 0. The molecule has 0 bridgehead atoms. The molecular formula is C15H18FNO. The van der Waals surface area contributed by atoms with Gasteiger partial charge in [-0.1, -0.05) is 19.1 Å². The zero-order valence-corrected chi connectivity index (χ0v) is 10.5. The van der Waals surface area contributed by atoms with Crippen LogP contribution in [-0.4, -0.2) is 18.4 Å². The van der Waals surface area contributed by atoms with Crippen LogP contribution in [0.5, 0.6) is 0 Å². The average Bonchev–Trinajstić information content (AvgIpc) is 2.41. The van der Waals surface area contributed by atoms with Gasteiger partial charge in [-0.3, -0.25) is 4.79 Å². The molecule has 96 valence electrons. The summed E-state index contributed by atoms with van der Waals surface area (Å²) in [5.74, 6) is -0.302. The first-order valence-electron chi connectivity index (χ1n) is 6.42. The Balaban J connectivity index is 2.16. The van der Waals surface area contributed by atoms with E-state index in [1.54, 1.807) is 12.1 Å². The number of carbonyl (C=O) groups is 1. The Morgan fingerprint density at radius 3 is 2.72 bits per heavy atom. The minimum Gasteiger partial charge on any atom is -0.310 e. The van der Waals surface area contributed by atoms with E-state index < -0.39 is 0 Å². The topological polar surface area (TPSA) is 29.1 Å². The molecule has 1 aliphatic rings. The maximum absolute atomic E-state index is 12.9. The van der Waals surface area contributed by atoms with Crippen LogP contribution in [0.15, 0.2) is 36.4 Å². The summed E-state index contributed by atoms with van der Waals surface area (Å²) in [4.78, 5) is 12.4. The van der Waals surface area contributed by atoms with Gasteiger partial charge in [-0.15, -0.1) is 0 Å². The molecule has 0 spiro atoms. The highest BCUT2D eigenvalue weighted by Gasteiger charge is 2.26. The molecule has 0 saturated heterocycles. The van der Waals surface area contributed by atoms with Crippen molar-refractivity contribution in [2.24, 2.45) is 5.92 Å². The van der Waals surface area contributed by atoms with Crippen LogP contribution in [0.3, 0.4) is 0 Å². The predicted octanol–water partition coefficient (Wildman–Crippen LogP) is 2.95. The molecule has 2 atom stereocenters. The van der Waals surface area contributed by atoms with Crippen molar-refractivity contribution in [3.05, 3.63) is 47.8 Å². The van der Waals surface area contributed by atoms with Gasteiger partial charge < -0.3 is 5.32 Å². The molecule has 0 saturated carbocycles. The molecule has 1 aromatic carbocycles. The molecule has 1 aliphatic heterocycles. The quantitative estimate of drug-likeness (QED) is 0.654. The van der Waals surface area contributed by atoms with Crippen molar-refractivity contribution < 1.29 is 9.18 Å². The number of benzene rings is 1. The smallest absolute Gasteiger partial charge is 0.167 e. The van der Waals surface area contributed by atoms with Gasteiger partial charge in [0.25, 0.3) is 0 Å². The van der Waals surface area contributed by atoms with Crippen molar-refractivity contribution in [2.45, 2.75) is 25.8 Å². The Hall–Kier alpha value is -1.48. The van der Waals surface area contributed by atoms with Gasteiger partial charge in [-0.05, 0) is 43.7 Å². The molecule has 0 radical (unpaired) electrons. The molecule has 2 rings (SSSR count). The van der Waals surface area contributed by atoms with E-state index in [9.17, 15) is 9.18 Å². The van der Waals surface area contributed by atoms with Gasteiger partial charge in [0.2, 0.25) is 0 Å². The van der Waals surface area contributed by atoms with Crippen molar-refractivity contribution in [3.63, 3.8) is 0 Å². The summed E-state index contributed by atoms with van der Waals surface area (Å²) in [5.41, 5.74) is 0.587. The highest BCUT2D eigenvalue weighted by Crippen LogP contribution is 2.19. The van der Waals surface area contributed by atoms with E-state index in [0.717, 1.165) is 19.4 Å². The van der Waals surface area contributed by atoms with Crippen molar-refractivity contribution in [1.82, 2.24) is 5.32 Å². The molecule has 3 heteroatoms. The molecule has 1 N–H and O–H groups in total. The molecule has 18 heavy (non-hydrogen) atoms. The fraction of sp³-hybridized carbons (Fsp3) is 0.400. The Bertz CT molecular complexity index is 438. The Morgan fingerprint density at radius 2 is 2.17 bits per heavy atom. The zero-order valence-electron chi connectivity index (χ0n) is 10.5. The Morgan fingerprint density at radius 1 is 1.44 bits per heavy atom. The minimum absolute atomic E-state index is 0.0768. The lowest BCUT2D eigenvalue weighted by Gasteiger charge is -2.26. The summed E-state index contributed by atoms with van der Waals surface area (Å²) in [5, 5.41) is 3.35. The van der Waals surface area contributed by atoms with E-state index in [2.05, 4.69) is 17.5 Å². The minimum atomic E-state index is -0.310. The first kappa shape index (κ1) is 13.0. The molecule has 2 nitrogen and oxygen atoms in total. The van der Waals surface area contributed by atoms with Crippen molar-refractivity contribution in [3.8, 4) is 0 Å². The summed E-state index contributed by atoms with van der Waals surface area (Å²) in [6.07, 6.45) is 5.97. The molecule has 1 heterocycles. The molecule has 1 aromatic rings. The summed E-state index contributed by atoms with van der Waals surface area (Å²) < 4.78 is 12.9. The number of rotatable bonds is 4. The van der Waals surface area contributed by atoms with Gasteiger partial charge >= 0.3 is 0 Å². The van der Waals surface area contributed by atoms with Crippen LogP contribution in [0.2, 0.25) is 0 Å². The van der Waals surface area contributed by atoms with E-state index in [1.165, 1.54) is 12.1 Å². The second-order valence-electron chi connectivity index (χ2n) is 4.58. The predicted molar refractivity (Wildman–Crippen MR) is 70.1 cm³/mol. The summed E-state index contributed by atoms with van der Waals surface area (Å²) >= 11 is 0. The second kappa shape index (κ2) is 5.91. The molecule has 0 fully saturated rings.